The van der Waals surface area contributed by atoms with Gasteiger partial charge < -0.3 is 14.2 Å². The smallest absolute Gasteiger partial charge is 0.411 e. The largest absolute Gasteiger partial charge is 0.464 e. The van der Waals surface area contributed by atoms with Crippen LogP contribution in [0.25, 0.3) is 0 Å². The molecule has 1 aromatic rings. The Labute approximate surface area is 142 Å². The van der Waals surface area contributed by atoms with Gasteiger partial charge in [0.15, 0.2) is 6.04 Å². The summed E-state index contributed by atoms with van der Waals surface area (Å²) in [6, 6.07) is 8.75. The monoisotopic (exact) mass is 335 g/mol. The number of esters is 1. The predicted molar refractivity (Wildman–Crippen MR) is 88.4 cm³/mol. The first-order chi connectivity index (χ1) is 11.3. The summed E-state index contributed by atoms with van der Waals surface area (Å²) in [4.78, 5) is 25.6. The second-order valence-corrected chi connectivity index (χ2v) is 6.65. The second kappa shape index (κ2) is 7.66. The number of rotatable bonds is 6. The average molecular weight is 335 g/mol. The first-order valence-corrected chi connectivity index (χ1v) is 8.13. The zero-order valence-corrected chi connectivity index (χ0v) is 14.7. The van der Waals surface area contributed by atoms with Gasteiger partial charge in [-0.1, -0.05) is 30.3 Å². The highest BCUT2D eigenvalue weighted by Crippen LogP contribution is 2.32. The van der Waals surface area contributed by atoms with Crippen LogP contribution in [-0.4, -0.2) is 47.9 Å². The van der Waals surface area contributed by atoms with E-state index in [1.165, 1.54) is 4.90 Å². The van der Waals surface area contributed by atoms with E-state index in [1.807, 2.05) is 30.3 Å². The molecule has 0 N–H and O–H groups in total. The van der Waals surface area contributed by atoms with Gasteiger partial charge in [-0.2, -0.15) is 0 Å². The van der Waals surface area contributed by atoms with E-state index in [0.717, 1.165) is 5.56 Å². The minimum Gasteiger partial charge on any atom is -0.464 e. The van der Waals surface area contributed by atoms with Crippen LogP contribution >= 0.6 is 0 Å². The van der Waals surface area contributed by atoms with Crippen molar-refractivity contribution in [2.75, 3.05) is 13.2 Å². The van der Waals surface area contributed by atoms with E-state index < -0.39 is 23.7 Å². The molecule has 1 fully saturated rings. The lowest BCUT2D eigenvalue weighted by Gasteiger charge is -2.20. The summed E-state index contributed by atoms with van der Waals surface area (Å²) in [5.41, 5.74) is 0.420. The molecule has 0 bridgehead atoms. The summed E-state index contributed by atoms with van der Waals surface area (Å²) in [5, 5.41) is 0. The highest BCUT2D eigenvalue weighted by molar-refractivity contribution is 5.88. The molecule has 2 rings (SSSR count). The van der Waals surface area contributed by atoms with Gasteiger partial charge in [0.1, 0.15) is 5.60 Å². The average Bonchev–Trinajstić information content (AvgIpc) is 3.21. The fourth-order valence-corrected chi connectivity index (χ4v) is 2.38. The summed E-state index contributed by atoms with van der Waals surface area (Å²) in [7, 11) is 0. The quantitative estimate of drug-likeness (QED) is 0.591. The Hall–Kier alpha value is -2.08. The van der Waals surface area contributed by atoms with Crippen molar-refractivity contribution in [3.63, 3.8) is 0 Å². The highest BCUT2D eigenvalue weighted by Gasteiger charge is 2.58. The third kappa shape index (κ3) is 4.96. The molecule has 1 amide bonds. The highest BCUT2D eigenvalue weighted by atomic mass is 16.6. The molecule has 1 aliphatic rings. The number of benzene rings is 1. The molecule has 0 unspecified atom stereocenters. The Balaban J connectivity index is 1.92. The summed E-state index contributed by atoms with van der Waals surface area (Å²) >= 11 is 0. The van der Waals surface area contributed by atoms with E-state index in [-0.39, 0.29) is 19.3 Å². The van der Waals surface area contributed by atoms with Crippen LogP contribution in [0, 0.1) is 0 Å². The molecule has 6 heteroatoms. The Morgan fingerprint density at radius 3 is 2.42 bits per heavy atom. The lowest BCUT2D eigenvalue weighted by atomic mass is 10.2. The molecular weight excluding hydrogens is 310 g/mol. The Kier molecular flexibility index (Phi) is 5.83. The zero-order chi connectivity index (χ0) is 17.7. The van der Waals surface area contributed by atoms with Gasteiger partial charge in [-0.3, -0.25) is 4.90 Å². The van der Waals surface area contributed by atoms with Crippen LogP contribution < -0.4 is 0 Å². The predicted octanol–water partition coefficient (Wildman–Crippen LogP) is 2.75. The van der Waals surface area contributed by atoms with Crippen molar-refractivity contribution in [2.45, 2.75) is 52.0 Å². The van der Waals surface area contributed by atoms with Gasteiger partial charge in [-0.15, -0.1) is 0 Å². The van der Waals surface area contributed by atoms with Crippen LogP contribution in [0.5, 0.6) is 0 Å². The minimum atomic E-state index is -0.629. The summed E-state index contributed by atoms with van der Waals surface area (Å²) in [6.07, 6.45) is -0.520. The molecule has 1 aromatic carbocycles. The normalized spacial score (nSPS) is 19.8. The van der Waals surface area contributed by atoms with E-state index in [0.29, 0.717) is 6.61 Å². The van der Waals surface area contributed by atoms with Crippen LogP contribution in [0.15, 0.2) is 30.3 Å². The van der Waals surface area contributed by atoms with Crippen molar-refractivity contribution in [3.8, 4) is 0 Å². The van der Waals surface area contributed by atoms with Gasteiger partial charge in [0.05, 0.1) is 25.9 Å². The Morgan fingerprint density at radius 1 is 1.17 bits per heavy atom. The van der Waals surface area contributed by atoms with Gasteiger partial charge in [0.25, 0.3) is 0 Å². The standard InChI is InChI=1S/C18H25NO5/c1-5-23-16(20)15-14(19(15)17(21)24-18(2,3)4)12-22-11-13-9-7-6-8-10-13/h6-10,14-15H,5,11-12H2,1-4H3/t14-,15+,19?/m0/s1. The molecule has 1 saturated heterocycles. The number of amides is 1. The topological polar surface area (TPSA) is 64.8 Å². The maximum absolute atomic E-state index is 12.2. The van der Waals surface area contributed by atoms with Crippen LogP contribution in [0.3, 0.4) is 0 Å². The van der Waals surface area contributed by atoms with Crippen LogP contribution in [0.4, 0.5) is 4.79 Å². The SMILES string of the molecule is CCOC(=O)[C@H]1[C@H](COCc2ccccc2)N1C(=O)OC(C)(C)C. The number of carbonyl (C=O) groups is 2. The lowest BCUT2D eigenvalue weighted by Crippen LogP contribution is -2.30. The van der Waals surface area contributed by atoms with Crippen molar-refractivity contribution in [1.82, 2.24) is 4.90 Å². The summed E-state index contributed by atoms with van der Waals surface area (Å²) in [5.74, 6) is -0.420. The molecular formula is C18H25NO5. The van der Waals surface area contributed by atoms with Crippen molar-refractivity contribution < 1.29 is 23.8 Å². The Bertz CT molecular complexity index is 567. The van der Waals surface area contributed by atoms with E-state index in [9.17, 15) is 9.59 Å². The molecule has 0 saturated carbocycles. The minimum absolute atomic E-state index is 0.262. The molecule has 2 atom stereocenters. The van der Waals surface area contributed by atoms with Crippen molar-refractivity contribution in [1.29, 1.82) is 0 Å². The van der Waals surface area contributed by atoms with Crippen molar-refractivity contribution in [3.05, 3.63) is 35.9 Å². The van der Waals surface area contributed by atoms with E-state index in [1.54, 1.807) is 27.7 Å². The zero-order valence-electron chi connectivity index (χ0n) is 14.7. The number of hydrogen-bond donors (Lipinski definition) is 0. The van der Waals surface area contributed by atoms with Crippen molar-refractivity contribution >= 4 is 12.1 Å². The molecule has 0 aliphatic carbocycles. The third-order valence-corrected chi connectivity index (χ3v) is 3.46. The van der Waals surface area contributed by atoms with Crippen LogP contribution in [-0.2, 0) is 25.6 Å². The molecule has 0 aromatic heterocycles. The maximum Gasteiger partial charge on any atom is 0.411 e. The molecule has 6 nitrogen and oxygen atoms in total. The van der Waals surface area contributed by atoms with Gasteiger partial charge in [-0.25, -0.2) is 9.59 Å². The van der Waals surface area contributed by atoms with Gasteiger partial charge in [0, 0.05) is 0 Å². The second-order valence-electron chi connectivity index (χ2n) is 6.65. The molecule has 132 valence electrons. The summed E-state index contributed by atoms with van der Waals surface area (Å²) < 4.78 is 16.0. The number of carbonyl (C=O) groups excluding carboxylic acids is 2. The fraction of sp³-hybridized carbons (Fsp3) is 0.556. The molecule has 24 heavy (non-hydrogen) atoms. The fourth-order valence-electron chi connectivity index (χ4n) is 2.38. The van der Waals surface area contributed by atoms with E-state index in [2.05, 4.69) is 0 Å². The molecule has 0 radical (unpaired) electrons. The first-order valence-electron chi connectivity index (χ1n) is 8.13. The Morgan fingerprint density at radius 2 is 1.83 bits per heavy atom. The number of hydrogen-bond acceptors (Lipinski definition) is 5. The maximum atomic E-state index is 12.2. The first kappa shape index (κ1) is 18.3. The molecule has 1 aliphatic heterocycles. The van der Waals surface area contributed by atoms with E-state index in [4.69, 9.17) is 14.2 Å². The van der Waals surface area contributed by atoms with Gasteiger partial charge >= 0.3 is 12.1 Å². The number of nitrogens with zero attached hydrogens (tertiary/aromatic N) is 1. The summed E-state index contributed by atoms with van der Waals surface area (Å²) in [6.45, 7) is 8.05. The van der Waals surface area contributed by atoms with Gasteiger partial charge in [-0.05, 0) is 33.3 Å². The molecule has 1 heterocycles. The van der Waals surface area contributed by atoms with Crippen LogP contribution in [0.1, 0.15) is 33.3 Å². The molecule has 0 spiro atoms. The lowest BCUT2D eigenvalue weighted by molar-refractivity contribution is -0.143. The number of ether oxygens (including phenoxy) is 3. The van der Waals surface area contributed by atoms with E-state index >= 15 is 0 Å². The van der Waals surface area contributed by atoms with Crippen LogP contribution in [0.2, 0.25) is 0 Å². The van der Waals surface area contributed by atoms with Gasteiger partial charge in [0.2, 0.25) is 0 Å². The third-order valence-electron chi connectivity index (χ3n) is 3.46. The van der Waals surface area contributed by atoms with Crippen molar-refractivity contribution in [2.24, 2.45) is 0 Å².